The summed E-state index contributed by atoms with van der Waals surface area (Å²) >= 11 is 3.32. The number of imide groups is 1. The van der Waals surface area contributed by atoms with E-state index in [-0.39, 0.29) is 17.0 Å². The molecule has 3 aromatic rings. The minimum Gasteiger partial charge on any atom is -0.427 e. The van der Waals surface area contributed by atoms with Crippen molar-refractivity contribution < 1.29 is 23.9 Å². The lowest BCUT2D eigenvalue weighted by molar-refractivity contribution is -0.131. The Morgan fingerprint density at radius 3 is 2.16 bits per heavy atom. The number of carbonyl (C=O) groups excluding carboxylic acids is 4. The molecule has 1 aliphatic heterocycles. The fourth-order valence-corrected chi connectivity index (χ4v) is 3.45. The smallest absolute Gasteiger partial charge is 0.308 e. The van der Waals surface area contributed by atoms with Crippen LogP contribution < -0.4 is 15.0 Å². The quantitative estimate of drug-likeness (QED) is 0.340. The Labute approximate surface area is 185 Å². The van der Waals surface area contributed by atoms with E-state index in [4.69, 9.17) is 4.74 Å². The topological polar surface area (TPSA) is 92.8 Å². The van der Waals surface area contributed by atoms with E-state index < -0.39 is 17.8 Å². The van der Waals surface area contributed by atoms with Gasteiger partial charge in [0.15, 0.2) is 0 Å². The van der Waals surface area contributed by atoms with Gasteiger partial charge in [-0.15, -0.1) is 0 Å². The molecule has 8 heteroatoms. The molecule has 0 aliphatic carbocycles. The number of benzene rings is 3. The van der Waals surface area contributed by atoms with Crippen LogP contribution in [0.1, 0.15) is 38.0 Å². The Hall–Kier alpha value is -3.78. The Bertz CT molecular complexity index is 1220. The summed E-state index contributed by atoms with van der Waals surface area (Å²) in [6, 6.07) is 17.5. The zero-order valence-corrected chi connectivity index (χ0v) is 17.8. The first kappa shape index (κ1) is 20.5. The van der Waals surface area contributed by atoms with Crippen molar-refractivity contribution in [2.24, 2.45) is 0 Å². The molecule has 4 rings (SSSR count). The highest BCUT2D eigenvalue weighted by Gasteiger charge is 2.36. The summed E-state index contributed by atoms with van der Waals surface area (Å²) < 4.78 is 5.83. The monoisotopic (exact) mass is 478 g/mol. The number of hydrogen-bond donors (Lipinski definition) is 1. The molecule has 0 radical (unpaired) electrons. The van der Waals surface area contributed by atoms with Crippen LogP contribution in [0.25, 0.3) is 0 Å². The average molecular weight is 479 g/mol. The number of nitrogens with one attached hydrogen (secondary N) is 1. The van der Waals surface area contributed by atoms with E-state index in [0.717, 1.165) is 9.37 Å². The number of rotatable bonds is 4. The maximum absolute atomic E-state index is 12.9. The highest BCUT2D eigenvalue weighted by Crippen LogP contribution is 2.31. The Kier molecular flexibility index (Phi) is 5.39. The molecule has 0 aromatic heterocycles. The highest BCUT2D eigenvalue weighted by atomic mass is 79.9. The first-order chi connectivity index (χ1) is 14.8. The SMILES string of the molecule is CC(=O)Oc1ccc(N2C(=O)c3ccc(NC(=O)c4ccc(Br)cc4)cc3C2=O)cc1. The number of fused-ring (bicyclic) bond motifs is 1. The van der Waals surface area contributed by atoms with Crippen LogP contribution in [-0.2, 0) is 4.79 Å². The molecule has 0 spiro atoms. The second kappa shape index (κ2) is 8.16. The Morgan fingerprint density at radius 2 is 1.52 bits per heavy atom. The molecule has 0 saturated heterocycles. The summed E-state index contributed by atoms with van der Waals surface area (Å²) in [6.45, 7) is 1.28. The van der Waals surface area contributed by atoms with Gasteiger partial charge >= 0.3 is 5.97 Å². The maximum atomic E-state index is 12.9. The summed E-state index contributed by atoms with van der Waals surface area (Å²) in [5.41, 5.74) is 1.65. The Morgan fingerprint density at radius 1 is 0.871 bits per heavy atom. The molecular weight excluding hydrogens is 464 g/mol. The van der Waals surface area contributed by atoms with Gasteiger partial charge in [0.2, 0.25) is 0 Å². The summed E-state index contributed by atoms with van der Waals surface area (Å²) in [6.07, 6.45) is 0. The predicted molar refractivity (Wildman–Crippen MR) is 117 cm³/mol. The standard InChI is InChI=1S/C23H15BrN2O5/c1-13(27)31-18-9-7-17(8-10-18)26-22(29)19-11-6-16(12-20(19)23(26)30)25-21(28)14-2-4-15(24)5-3-14/h2-12H,1H3,(H,25,28). The van der Waals surface area contributed by atoms with Gasteiger partial charge in [-0.05, 0) is 66.7 Å². The zero-order valence-electron chi connectivity index (χ0n) is 16.2. The molecule has 3 amide bonds. The molecule has 7 nitrogen and oxygen atoms in total. The molecule has 0 atom stereocenters. The van der Waals surface area contributed by atoms with Gasteiger partial charge in [-0.3, -0.25) is 19.2 Å². The molecule has 1 aliphatic rings. The molecule has 0 fully saturated rings. The number of amides is 3. The van der Waals surface area contributed by atoms with Gasteiger partial charge in [0.05, 0.1) is 16.8 Å². The third-order valence-corrected chi connectivity index (χ3v) is 5.14. The number of hydrogen-bond acceptors (Lipinski definition) is 5. The lowest BCUT2D eigenvalue weighted by atomic mass is 10.1. The van der Waals surface area contributed by atoms with Crippen molar-refractivity contribution in [3.05, 3.63) is 87.9 Å². The first-order valence-electron chi connectivity index (χ1n) is 9.22. The highest BCUT2D eigenvalue weighted by molar-refractivity contribution is 9.10. The van der Waals surface area contributed by atoms with Crippen molar-refractivity contribution >= 4 is 51.0 Å². The fourth-order valence-electron chi connectivity index (χ4n) is 3.19. The minimum absolute atomic E-state index is 0.197. The molecule has 0 unspecified atom stereocenters. The van der Waals surface area contributed by atoms with E-state index >= 15 is 0 Å². The number of carbonyl (C=O) groups is 4. The number of halogens is 1. The van der Waals surface area contributed by atoms with E-state index in [9.17, 15) is 19.2 Å². The lowest BCUT2D eigenvalue weighted by Gasteiger charge is -2.14. The molecule has 0 bridgehead atoms. The number of ether oxygens (including phenoxy) is 1. The van der Waals surface area contributed by atoms with Crippen LogP contribution in [0.15, 0.2) is 71.2 Å². The van der Waals surface area contributed by atoms with Crippen LogP contribution in [0.3, 0.4) is 0 Å². The first-order valence-corrected chi connectivity index (χ1v) is 10.0. The summed E-state index contributed by atoms with van der Waals surface area (Å²) in [7, 11) is 0. The summed E-state index contributed by atoms with van der Waals surface area (Å²) in [4.78, 5) is 50.2. The van der Waals surface area contributed by atoms with Gasteiger partial charge in [0, 0.05) is 22.6 Å². The molecule has 1 heterocycles. The van der Waals surface area contributed by atoms with Crippen molar-refractivity contribution in [1.82, 2.24) is 0 Å². The fraction of sp³-hybridized carbons (Fsp3) is 0.0435. The van der Waals surface area contributed by atoms with Crippen LogP contribution >= 0.6 is 15.9 Å². The number of esters is 1. The third-order valence-electron chi connectivity index (χ3n) is 4.61. The van der Waals surface area contributed by atoms with Gasteiger partial charge in [0.1, 0.15) is 5.75 Å². The molecule has 154 valence electrons. The largest absolute Gasteiger partial charge is 0.427 e. The van der Waals surface area contributed by atoms with Gasteiger partial charge in [-0.2, -0.15) is 0 Å². The van der Waals surface area contributed by atoms with Crippen molar-refractivity contribution in [1.29, 1.82) is 0 Å². The van der Waals surface area contributed by atoms with E-state index in [1.54, 1.807) is 30.3 Å². The molecule has 0 saturated carbocycles. The van der Waals surface area contributed by atoms with Crippen molar-refractivity contribution in [3.8, 4) is 5.75 Å². The van der Waals surface area contributed by atoms with Crippen LogP contribution in [0, 0.1) is 0 Å². The lowest BCUT2D eigenvalue weighted by Crippen LogP contribution is -2.29. The Balaban J connectivity index is 1.56. The molecule has 31 heavy (non-hydrogen) atoms. The molecular formula is C23H15BrN2O5. The normalized spacial score (nSPS) is 12.5. The van der Waals surface area contributed by atoms with Crippen LogP contribution in [0.2, 0.25) is 0 Å². The summed E-state index contributed by atoms with van der Waals surface area (Å²) in [5.74, 6) is -1.45. The van der Waals surface area contributed by atoms with Gasteiger partial charge < -0.3 is 10.1 Å². The minimum atomic E-state index is -0.500. The van der Waals surface area contributed by atoms with Crippen molar-refractivity contribution in [3.63, 3.8) is 0 Å². The van der Waals surface area contributed by atoms with Gasteiger partial charge in [0.25, 0.3) is 17.7 Å². The van der Waals surface area contributed by atoms with Crippen molar-refractivity contribution in [2.75, 3.05) is 10.2 Å². The van der Waals surface area contributed by atoms with Gasteiger partial charge in [-0.25, -0.2) is 4.90 Å². The average Bonchev–Trinajstić information content (AvgIpc) is 2.98. The predicted octanol–water partition coefficient (Wildman–Crippen LogP) is 4.43. The number of nitrogens with zero attached hydrogens (tertiary/aromatic N) is 1. The van der Waals surface area contributed by atoms with Crippen molar-refractivity contribution in [2.45, 2.75) is 6.92 Å². The molecule has 1 N–H and O–H groups in total. The van der Waals surface area contributed by atoms with Crippen LogP contribution in [-0.4, -0.2) is 23.7 Å². The van der Waals surface area contributed by atoms with E-state index in [1.165, 1.54) is 43.3 Å². The van der Waals surface area contributed by atoms with E-state index in [1.807, 2.05) is 0 Å². The van der Waals surface area contributed by atoms with E-state index in [0.29, 0.717) is 22.7 Å². The maximum Gasteiger partial charge on any atom is 0.308 e. The number of anilines is 2. The van der Waals surface area contributed by atoms with Crippen LogP contribution in [0.4, 0.5) is 11.4 Å². The second-order valence-electron chi connectivity index (χ2n) is 6.75. The third kappa shape index (κ3) is 4.10. The van der Waals surface area contributed by atoms with E-state index in [2.05, 4.69) is 21.2 Å². The van der Waals surface area contributed by atoms with Gasteiger partial charge in [-0.1, -0.05) is 15.9 Å². The zero-order chi connectivity index (χ0) is 22.1. The van der Waals surface area contributed by atoms with Crippen LogP contribution in [0.5, 0.6) is 5.75 Å². The summed E-state index contributed by atoms with van der Waals surface area (Å²) in [5, 5.41) is 2.74. The second-order valence-corrected chi connectivity index (χ2v) is 7.67. The molecule has 3 aromatic carbocycles.